The fraction of sp³-hybridized carbons (Fsp3) is 0.176. The van der Waals surface area contributed by atoms with Crippen LogP contribution in [-0.4, -0.2) is 0 Å². The molecule has 0 saturated carbocycles. The number of benzene rings is 2. The van der Waals surface area contributed by atoms with E-state index in [0.29, 0.717) is 6.61 Å². The Hall–Kier alpha value is -1.54. The van der Waals surface area contributed by atoms with Crippen LogP contribution < -0.4 is 15.2 Å². The quantitative estimate of drug-likeness (QED) is 0.840. The molecular weight excluding hydrogens is 300 g/mol. The molecule has 19 heavy (non-hydrogen) atoms. The smallest absolute Gasteiger partial charge is 0.121 e. The maximum atomic E-state index is 5.85. The zero-order chi connectivity index (χ0) is 13.7. The van der Waals surface area contributed by atoms with Gasteiger partial charge in [-0.25, -0.2) is 0 Å². The van der Waals surface area contributed by atoms with E-state index >= 15 is 0 Å². The van der Waals surface area contributed by atoms with Crippen molar-refractivity contribution < 1.29 is 4.74 Å². The molecule has 2 aromatic rings. The van der Waals surface area contributed by atoms with Gasteiger partial charge < -0.3 is 4.74 Å². The van der Waals surface area contributed by atoms with Crippen molar-refractivity contribution in [2.75, 3.05) is 0 Å². The average molecular weight is 317 g/mol. The van der Waals surface area contributed by atoms with Gasteiger partial charge in [0.2, 0.25) is 0 Å². The molecule has 0 atom stereocenters. The van der Waals surface area contributed by atoms with Gasteiger partial charge in [-0.15, -0.1) is 0 Å². The summed E-state index contributed by atoms with van der Waals surface area (Å²) in [6.07, 6.45) is 4.19. The van der Waals surface area contributed by atoms with Gasteiger partial charge in [0.1, 0.15) is 12.4 Å². The summed E-state index contributed by atoms with van der Waals surface area (Å²) in [4.78, 5) is 0. The predicted octanol–water partition coefficient (Wildman–Crippen LogP) is 3.63. The average Bonchev–Trinajstić information content (AvgIpc) is 2.45. The van der Waals surface area contributed by atoms with E-state index in [-0.39, 0.29) is 0 Å². The Bertz CT molecular complexity index is 660. The number of hydrogen-bond acceptors (Lipinski definition) is 1. The third-order valence-electron chi connectivity index (χ3n) is 2.98. The lowest BCUT2D eigenvalue weighted by molar-refractivity contribution is 0.305. The second-order valence-electron chi connectivity index (χ2n) is 4.26. The minimum atomic E-state index is 0.589. The highest BCUT2D eigenvalue weighted by Gasteiger charge is 2.00. The molecule has 98 valence electrons. The Kier molecular flexibility index (Phi) is 4.80. The van der Waals surface area contributed by atoms with Crippen molar-refractivity contribution in [2.45, 2.75) is 20.5 Å². The fourth-order valence-corrected chi connectivity index (χ4v) is 2.66. The monoisotopic (exact) mass is 316 g/mol. The first-order valence-corrected chi connectivity index (χ1v) is 7.13. The van der Waals surface area contributed by atoms with Crippen LogP contribution in [-0.2, 0) is 6.61 Å². The lowest BCUT2D eigenvalue weighted by atomic mass is 10.2. The summed E-state index contributed by atoms with van der Waals surface area (Å²) in [6, 6.07) is 14.3. The summed E-state index contributed by atoms with van der Waals surface area (Å²) < 4.78 is 6.91. The number of ether oxygens (including phenoxy) is 1. The van der Waals surface area contributed by atoms with Crippen LogP contribution in [0, 0.1) is 0 Å². The molecule has 2 aromatic carbocycles. The molecule has 0 aliphatic heterocycles. The SMILES string of the molecule is C/C=c1/cc(OCc2ccccc2)cc(Br)/c1=C/C. The lowest BCUT2D eigenvalue weighted by Crippen LogP contribution is -2.25. The van der Waals surface area contributed by atoms with Crippen molar-refractivity contribution in [1.29, 1.82) is 0 Å². The van der Waals surface area contributed by atoms with Crippen molar-refractivity contribution in [3.63, 3.8) is 0 Å². The standard InChI is InChI=1S/C17H17BrO/c1-3-14-10-15(11-17(18)16(14)4-2)19-12-13-8-6-5-7-9-13/h3-11H,12H2,1-2H3/b14-3-,16-4+. The Morgan fingerprint density at radius 1 is 1.05 bits per heavy atom. The van der Waals surface area contributed by atoms with Gasteiger partial charge in [0.25, 0.3) is 0 Å². The molecule has 0 spiro atoms. The second-order valence-corrected chi connectivity index (χ2v) is 5.11. The first kappa shape index (κ1) is 13.9. The molecule has 0 aromatic heterocycles. The van der Waals surface area contributed by atoms with Crippen molar-refractivity contribution in [3.05, 3.63) is 62.9 Å². The zero-order valence-corrected chi connectivity index (χ0v) is 12.8. The van der Waals surface area contributed by atoms with E-state index in [4.69, 9.17) is 4.74 Å². The zero-order valence-electron chi connectivity index (χ0n) is 11.2. The Morgan fingerprint density at radius 2 is 1.79 bits per heavy atom. The van der Waals surface area contributed by atoms with E-state index in [1.165, 1.54) is 16.0 Å². The van der Waals surface area contributed by atoms with Crippen molar-refractivity contribution in [2.24, 2.45) is 0 Å². The van der Waals surface area contributed by atoms with Crippen LogP contribution in [0.4, 0.5) is 0 Å². The molecule has 0 unspecified atom stereocenters. The molecule has 2 heteroatoms. The summed E-state index contributed by atoms with van der Waals surface area (Å²) in [5.41, 5.74) is 1.17. The Morgan fingerprint density at radius 3 is 2.42 bits per heavy atom. The van der Waals surface area contributed by atoms with Gasteiger partial charge in [0, 0.05) is 4.47 Å². The Balaban J connectivity index is 2.26. The molecule has 0 N–H and O–H groups in total. The van der Waals surface area contributed by atoms with Crippen molar-refractivity contribution >= 4 is 28.1 Å². The highest BCUT2D eigenvalue weighted by Crippen LogP contribution is 2.14. The number of rotatable bonds is 3. The highest BCUT2D eigenvalue weighted by molar-refractivity contribution is 9.10. The summed E-state index contributed by atoms with van der Waals surface area (Å²) in [5.74, 6) is 0.884. The van der Waals surface area contributed by atoms with E-state index in [1.807, 2.05) is 38.1 Å². The van der Waals surface area contributed by atoms with E-state index in [1.54, 1.807) is 0 Å². The van der Waals surface area contributed by atoms with Crippen LogP contribution >= 0.6 is 15.9 Å². The lowest BCUT2D eigenvalue weighted by Gasteiger charge is -2.07. The predicted molar refractivity (Wildman–Crippen MR) is 84.4 cm³/mol. The first-order chi connectivity index (χ1) is 9.24. The molecule has 0 aliphatic rings. The molecule has 2 rings (SSSR count). The minimum Gasteiger partial charge on any atom is -0.489 e. The van der Waals surface area contributed by atoms with E-state index in [0.717, 1.165) is 10.2 Å². The molecular formula is C17H17BrO. The largest absolute Gasteiger partial charge is 0.489 e. The van der Waals surface area contributed by atoms with Crippen molar-refractivity contribution in [1.82, 2.24) is 0 Å². The topological polar surface area (TPSA) is 9.23 Å². The molecule has 0 radical (unpaired) electrons. The normalized spacial score (nSPS) is 12.8. The van der Waals surface area contributed by atoms with Crippen LogP contribution in [0.1, 0.15) is 19.4 Å². The van der Waals surface area contributed by atoms with Crippen LogP contribution in [0.3, 0.4) is 0 Å². The summed E-state index contributed by atoms with van der Waals surface area (Å²) >= 11 is 3.59. The molecule has 0 amide bonds. The number of halogens is 1. The van der Waals surface area contributed by atoms with Gasteiger partial charge in [-0.05, 0) is 42.0 Å². The van der Waals surface area contributed by atoms with Crippen LogP contribution in [0.15, 0.2) is 46.9 Å². The molecule has 1 nitrogen and oxygen atoms in total. The van der Waals surface area contributed by atoms with E-state index < -0.39 is 0 Å². The van der Waals surface area contributed by atoms with Gasteiger partial charge >= 0.3 is 0 Å². The third kappa shape index (κ3) is 3.48. The first-order valence-electron chi connectivity index (χ1n) is 6.33. The van der Waals surface area contributed by atoms with Gasteiger partial charge in [0.05, 0.1) is 0 Å². The van der Waals surface area contributed by atoms with Gasteiger partial charge in [-0.1, -0.05) is 58.4 Å². The molecule has 0 fully saturated rings. The maximum Gasteiger partial charge on any atom is 0.121 e. The summed E-state index contributed by atoms with van der Waals surface area (Å²) in [7, 11) is 0. The van der Waals surface area contributed by atoms with Crippen LogP contribution in [0.2, 0.25) is 0 Å². The van der Waals surface area contributed by atoms with Gasteiger partial charge in [-0.3, -0.25) is 0 Å². The number of hydrogen-bond donors (Lipinski definition) is 0. The van der Waals surface area contributed by atoms with Crippen LogP contribution in [0.25, 0.3) is 12.2 Å². The summed E-state index contributed by atoms with van der Waals surface area (Å²) in [6.45, 7) is 4.67. The van der Waals surface area contributed by atoms with Crippen LogP contribution in [0.5, 0.6) is 5.75 Å². The Labute approximate surface area is 122 Å². The van der Waals surface area contributed by atoms with Gasteiger partial charge in [-0.2, -0.15) is 0 Å². The highest BCUT2D eigenvalue weighted by atomic mass is 79.9. The van der Waals surface area contributed by atoms with Gasteiger partial charge in [0.15, 0.2) is 0 Å². The third-order valence-corrected chi connectivity index (χ3v) is 3.64. The molecule has 0 aliphatic carbocycles. The molecule has 0 heterocycles. The summed E-state index contributed by atoms with van der Waals surface area (Å²) in [5, 5.41) is 2.38. The fourth-order valence-electron chi connectivity index (χ4n) is 1.98. The van der Waals surface area contributed by atoms with E-state index in [2.05, 4.69) is 46.3 Å². The molecule has 0 bridgehead atoms. The molecule has 0 saturated heterocycles. The minimum absolute atomic E-state index is 0.589. The maximum absolute atomic E-state index is 5.85. The second kappa shape index (κ2) is 6.58. The van der Waals surface area contributed by atoms with E-state index in [9.17, 15) is 0 Å². The van der Waals surface area contributed by atoms with Crippen molar-refractivity contribution in [3.8, 4) is 5.75 Å².